The molecular formula is C16H20ClNO6S. The van der Waals surface area contributed by atoms with Crippen LogP contribution in [0.25, 0.3) is 0 Å². The summed E-state index contributed by atoms with van der Waals surface area (Å²) in [6, 6.07) is 4.89. The van der Waals surface area contributed by atoms with E-state index in [1.165, 1.54) is 19.1 Å². The minimum atomic E-state index is -3.33. The lowest BCUT2D eigenvalue weighted by atomic mass is 10.1. The van der Waals surface area contributed by atoms with E-state index in [2.05, 4.69) is 5.32 Å². The lowest BCUT2D eigenvalue weighted by Gasteiger charge is -2.14. The summed E-state index contributed by atoms with van der Waals surface area (Å²) in [5.74, 6) is -2.63. The SMILES string of the molecule is CCS(=O)(=O)CCC(NC(=O)CCC(=O)c1ccc(Cl)cc1)C(=O)O. The second-order valence-electron chi connectivity index (χ2n) is 5.41. The number of nitrogens with one attached hydrogen (secondary N) is 1. The summed E-state index contributed by atoms with van der Waals surface area (Å²) in [5.41, 5.74) is 0.404. The summed E-state index contributed by atoms with van der Waals surface area (Å²) in [6.45, 7) is 1.46. The van der Waals surface area contributed by atoms with E-state index in [9.17, 15) is 22.8 Å². The molecule has 0 aliphatic heterocycles. The van der Waals surface area contributed by atoms with E-state index in [0.29, 0.717) is 10.6 Å². The monoisotopic (exact) mass is 389 g/mol. The van der Waals surface area contributed by atoms with Gasteiger partial charge in [0.1, 0.15) is 15.9 Å². The first-order valence-corrected chi connectivity index (χ1v) is 9.86. The minimum Gasteiger partial charge on any atom is -0.480 e. The van der Waals surface area contributed by atoms with E-state index in [1.54, 1.807) is 12.1 Å². The van der Waals surface area contributed by atoms with Gasteiger partial charge < -0.3 is 10.4 Å². The van der Waals surface area contributed by atoms with Crippen LogP contribution in [0.2, 0.25) is 5.02 Å². The van der Waals surface area contributed by atoms with Crippen LogP contribution in [0.1, 0.15) is 36.5 Å². The summed E-state index contributed by atoms with van der Waals surface area (Å²) < 4.78 is 22.9. The predicted octanol–water partition coefficient (Wildman–Crippen LogP) is 1.70. The zero-order chi connectivity index (χ0) is 19.0. The van der Waals surface area contributed by atoms with Crippen molar-refractivity contribution < 1.29 is 27.9 Å². The number of carbonyl (C=O) groups excluding carboxylic acids is 2. The quantitative estimate of drug-likeness (QED) is 0.588. The van der Waals surface area contributed by atoms with Crippen LogP contribution in [0.15, 0.2) is 24.3 Å². The largest absolute Gasteiger partial charge is 0.480 e. The van der Waals surface area contributed by atoms with Crippen LogP contribution in [0.5, 0.6) is 0 Å². The highest BCUT2D eigenvalue weighted by Crippen LogP contribution is 2.12. The number of Topliss-reactive ketones (excluding diaryl/α,β-unsaturated/α-hetero) is 1. The first kappa shape index (κ1) is 21.1. The van der Waals surface area contributed by atoms with E-state index in [4.69, 9.17) is 16.7 Å². The van der Waals surface area contributed by atoms with Crippen molar-refractivity contribution in [3.63, 3.8) is 0 Å². The molecule has 1 atom stereocenters. The zero-order valence-corrected chi connectivity index (χ0v) is 15.3. The van der Waals surface area contributed by atoms with E-state index < -0.39 is 27.8 Å². The molecule has 0 saturated carbocycles. The van der Waals surface area contributed by atoms with Crippen LogP contribution in [-0.4, -0.2) is 48.7 Å². The third-order valence-corrected chi connectivity index (χ3v) is 5.53. The van der Waals surface area contributed by atoms with Gasteiger partial charge in [0, 0.05) is 29.2 Å². The number of sulfone groups is 1. The molecule has 1 unspecified atom stereocenters. The van der Waals surface area contributed by atoms with Crippen molar-refractivity contribution in [1.29, 1.82) is 0 Å². The topological polar surface area (TPSA) is 118 Å². The normalized spacial score (nSPS) is 12.4. The first-order chi connectivity index (χ1) is 11.6. The molecule has 7 nitrogen and oxygen atoms in total. The third-order valence-electron chi connectivity index (χ3n) is 3.54. The summed E-state index contributed by atoms with van der Waals surface area (Å²) >= 11 is 5.73. The van der Waals surface area contributed by atoms with Crippen molar-refractivity contribution in [1.82, 2.24) is 5.32 Å². The number of ketones is 1. The Morgan fingerprint density at radius 2 is 1.76 bits per heavy atom. The standard InChI is InChI=1S/C16H20ClNO6S/c1-2-25(23,24)10-9-13(16(21)22)18-15(20)8-7-14(19)11-3-5-12(17)6-4-11/h3-6,13H,2,7-10H2,1H3,(H,18,20)(H,21,22). The Balaban J connectivity index is 2.53. The highest BCUT2D eigenvalue weighted by Gasteiger charge is 2.22. The van der Waals surface area contributed by atoms with Gasteiger partial charge in [0.25, 0.3) is 0 Å². The number of carboxylic acid groups (broad SMARTS) is 1. The summed E-state index contributed by atoms with van der Waals surface area (Å²) in [7, 11) is -3.33. The van der Waals surface area contributed by atoms with Gasteiger partial charge in [-0.3, -0.25) is 9.59 Å². The molecule has 0 aromatic heterocycles. The molecule has 0 aliphatic carbocycles. The number of hydrogen-bond donors (Lipinski definition) is 2. The Hall–Kier alpha value is -1.93. The van der Waals surface area contributed by atoms with Gasteiger partial charge in [0.05, 0.1) is 5.75 Å². The van der Waals surface area contributed by atoms with Crippen molar-refractivity contribution in [3.05, 3.63) is 34.9 Å². The molecular weight excluding hydrogens is 370 g/mol. The molecule has 0 saturated heterocycles. The molecule has 0 radical (unpaired) electrons. The van der Waals surface area contributed by atoms with Crippen molar-refractivity contribution in [2.24, 2.45) is 0 Å². The van der Waals surface area contributed by atoms with Gasteiger partial charge in [-0.15, -0.1) is 0 Å². The van der Waals surface area contributed by atoms with E-state index in [-0.39, 0.29) is 36.6 Å². The fourth-order valence-electron chi connectivity index (χ4n) is 1.97. The maximum Gasteiger partial charge on any atom is 0.326 e. The minimum absolute atomic E-state index is 0.0902. The van der Waals surface area contributed by atoms with Crippen LogP contribution in [-0.2, 0) is 19.4 Å². The molecule has 0 heterocycles. The molecule has 1 amide bonds. The van der Waals surface area contributed by atoms with Crippen molar-refractivity contribution in [2.75, 3.05) is 11.5 Å². The number of rotatable bonds is 10. The van der Waals surface area contributed by atoms with E-state index >= 15 is 0 Å². The van der Waals surface area contributed by atoms with Gasteiger partial charge in [-0.25, -0.2) is 13.2 Å². The van der Waals surface area contributed by atoms with Crippen molar-refractivity contribution in [3.8, 4) is 0 Å². The first-order valence-electron chi connectivity index (χ1n) is 7.66. The third kappa shape index (κ3) is 7.66. The Bertz CT molecular complexity index is 729. The average Bonchev–Trinajstić information content (AvgIpc) is 2.56. The smallest absolute Gasteiger partial charge is 0.326 e. The van der Waals surface area contributed by atoms with E-state index in [0.717, 1.165) is 0 Å². The molecule has 9 heteroatoms. The zero-order valence-electron chi connectivity index (χ0n) is 13.7. The van der Waals surface area contributed by atoms with Gasteiger partial charge in [-0.1, -0.05) is 18.5 Å². The Labute approximate surface area is 151 Å². The maximum atomic E-state index is 12.0. The Morgan fingerprint density at radius 1 is 1.16 bits per heavy atom. The fourth-order valence-corrected chi connectivity index (χ4v) is 2.98. The number of aliphatic carboxylic acids is 1. The molecule has 0 bridgehead atoms. The average molecular weight is 390 g/mol. The van der Waals surface area contributed by atoms with Gasteiger partial charge in [-0.05, 0) is 30.7 Å². The van der Waals surface area contributed by atoms with Crippen LogP contribution < -0.4 is 5.32 Å². The number of carbonyl (C=O) groups is 3. The van der Waals surface area contributed by atoms with Gasteiger partial charge >= 0.3 is 5.97 Å². The number of amides is 1. The number of carboxylic acids is 1. The van der Waals surface area contributed by atoms with Gasteiger partial charge in [0.15, 0.2) is 5.78 Å². The molecule has 0 fully saturated rings. The lowest BCUT2D eigenvalue weighted by Crippen LogP contribution is -2.42. The molecule has 1 aromatic carbocycles. The summed E-state index contributed by atoms with van der Waals surface area (Å²) in [4.78, 5) is 34.9. The molecule has 0 aliphatic rings. The molecule has 2 N–H and O–H groups in total. The molecule has 1 aromatic rings. The number of hydrogen-bond acceptors (Lipinski definition) is 5. The molecule has 0 spiro atoms. The molecule has 25 heavy (non-hydrogen) atoms. The van der Waals surface area contributed by atoms with Crippen LogP contribution >= 0.6 is 11.6 Å². The predicted molar refractivity (Wildman–Crippen MR) is 93.5 cm³/mol. The highest BCUT2D eigenvalue weighted by molar-refractivity contribution is 7.91. The number of benzene rings is 1. The number of halogens is 1. The second-order valence-corrected chi connectivity index (χ2v) is 8.32. The fraction of sp³-hybridized carbons (Fsp3) is 0.438. The van der Waals surface area contributed by atoms with Crippen LogP contribution in [0, 0.1) is 0 Å². The summed E-state index contributed by atoms with van der Waals surface area (Å²) in [5, 5.41) is 11.8. The molecule has 138 valence electrons. The lowest BCUT2D eigenvalue weighted by molar-refractivity contribution is -0.141. The Kier molecular flexibility index (Phi) is 8.05. The van der Waals surface area contributed by atoms with Gasteiger partial charge in [-0.2, -0.15) is 0 Å². The molecule has 1 rings (SSSR count). The Morgan fingerprint density at radius 3 is 2.28 bits per heavy atom. The van der Waals surface area contributed by atoms with Crippen molar-refractivity contribution >= 4 is 39.1 Å². The summed E-state index contributed by atoms with van der Waals surface area (Å²) in [6.07, 6.45) is -0.499. The second kappa shape index (κ2) is 9.53. The highest BCUT2D eigenvalue weighted by atomic mass is 35.5. The van der Waals surface area contributed by atoms with Gasteiger partial charge in [0.2, 0.25) is 5.91 Å². The maximum absolute atomic E-state index is 12.0. The van der Waals surface area contributed by atoms with Crippen LogP contribution in [0.3, 0.4) is 0 Å². The van der Waals surface area contributed by atoms with Crippen LogP contribution in [0.4, 0.5) is 0 Å². The van der Waals surface area contributed by atoms with Crippen molar-refractivity contribution in [2.45, 2.75) is 32.2 Å². The van der Waals surface area contributed by atoms with E-state index in [1.807, 2.05) is 0 Å².